The molecule has 0 bridgehead atoms. The first kappa shape index (κ1) is 18.9. The highest BCUT2D eigenvalue weighted by atomic mass is 16.2. The lowest BCUT2D eigenvalue weighted by Crippen LogP contribution is -2.69. The molecular weight excluding hydrogens is 304 g/mol. The number of nitrogens with zero attached hydrogens (tertiary/aromatic N) is 2. The molecule has 2 amide bonds. The van der Waals surface area contributed by atoms with Crippen LogP contribution in [0.15, 0.2) is 12.4 Å². The number of carbonyl (C=O) groups excluding carboxylic acids is 2. The minimum Gasteiger partial charge on any atom is -0.314 e. The molecule has 0 spiro atoms. The Hall–Kier alpha value is -1.40. The first-order valence-electron chi connectivity index (χ1n) is 8.54. The first-order valence-corrected chi connectivity index (χ1v) is 8.54. The minimum absolute atomic E-state index is 0.0131. The van der Waals surface area contributed by atoms with Crippen molar-refractivity contribution in [3.63, 3.8) is 0 Å². The zero-order valence-electron chi connectivity index (χ0n) is 16.3. The Labute approximate surface area is 145 Å². The average molecular weight is 336 g/mol. The fraction of sp³-hybridized carbons (Fsp3) is 0.778. The van der Waals surface area contributed by atoms with Gasteiger partial charge in [-0.1, -0.05) is 0 Å². The van der Waals surface area contributed by atoms with Gasteiger partial charge in [-0.3, -0.25) is 20.2 Å². The molecule has 2 heterocycles. The fourth-order valence-electron chi connectivity index (χ4n) is 3.99. The van der Waals surface area contributed by atoms with Crippen LogP contribution in [0.4, 0.5) is 0 Å². The van der Waals surface area contributed by atoms with E-state index in [1.807, 2.05) is 27.7 Å². The molecule has 0 radical (unpaired) electrons. The van der Waals surface area contributed by atoms with Crippen molar-refractivity contribution in [2.45, 2.75) is 77.5 Å². The lowest BCUT2D eigenvalue weighted by Gasteiger charge is -2.47. The van der Waals surface area contributed by atoms with Crippen molar-refractivity contribution in [2.24, 2.45) is 0 Å². The third-order valence-electron chi connectivity index (χ3n) is 4.45. The summed E-state index contributed by atoms with van der Waals surface area (Å²) >= 11 is 0. The van der Waals surface area contributed by atoms with Gasteiger partial charge < -0.3 is 9.80 Å². The molecule has 0 aromatic carbocycles. The van der Waals surface area contributed by atoms with Gasteiger partial charge in [-0.2, -0.15) is 0 Å². The Morgan fingerprint density at radius 2 is 1.00 bits per heavy atom. The van der Waals surface area contributed by atoms with E-state index in [9.17, 15) is 9.59 Å². The Kier molecular flexibility index (Phi) is 4.39. The largest absolute Gasteiger partial charge is 0.314 e. The lowest BCUT2D eigenvalue weighted by molar-refractivity contribution is -0.142. The molecule has 136 valence electrons. The van der Waals surface area contributed by atoms with Crippen LogP contribution < -0.4 is 10.6 Å². The number of nitrogens with one attached hydrogen (secondary N) is 2. The zero-order chi connectivity index (χ0) is 18.6. The minimum atomic E-state index is -0.627. The molecule has 6 nitrogen and oxygen atoms in total. The molecule has 2 saturated heterocycles. The van der Waals surface area contributed by atoms with E-state index in [4.69, 9.17) is 0 Å². The second kappa shape index (κ2) is 5.56. The molecule has 0 aromatic heterocycles. The summed E-state index contributed by atoms with van der Waals surface area (Å²) in [6.45, 7) is 17.0. The standard InChI is InChI=1S/C18H32N4O2/c1-15(2)11-21(13(23)17(5,6)19-15)9-10-22-12-16(3,4)20-18(7,8)14(22)24/h9-10,19-20H,11-12H2,1-8H3. The monoisotopic (exact) mass is 336 g/mol. The highest BCUT2D eigenvalue weighted by Gasteiger charge is 2.44. The quantitative estimate of drug-likeness (QED) is 0.801. The molecule has 2 N–H and O–H groups in total. The summed E-state index contributed by atoms with van der Waals surface area (Å²) in [7, 11) is 0. The van der Waals surface area contributed by atoms with Gasteiger partial charge in [-0.05, 0) is 55.4 Å². The van der Waals surface area contributed by atoms with E-state index in [-0.39, 0.29) is 22.9 Å². The Morgan fingerprint density at radius 3 is 1.29 bits per heavy atom. The zero-order valence-corrected chi connectivity index (χ0v) is 16.3. The van der Waals surface area contributed by atoms with Crippen LogP contribution in [0.25, 0.3) is 0 Å². The second-order valence-corrected chi connectivity index (χ2v) is 9.43. The van der Waals surface area contributed by atoms with Gasteiger partial charge in [-0.15, -0.1) is 0 Å². The van der Waals surface area contributed by atoms with Crippen LogP contribution in [0.1, 0.15) is 55.4 Å². The van der Waals surface area contributed by atoms with E-state index in [2.05, 4.69) is 38.3 Å². The van der Waals surface area contributed by atoms with E-state index in [1.165, 1.54) is 0 Å². The molecule has 2 rings (SSSR count). The maximum atomic E-state index is 12.6. The molecular formula is C18H32N4O2. The number of amides is 2. The van der Waals surface area contributed by atoms with E-state index >= 15 is 0 Å². The summed E-state index contributed by atoms with van der Waals surface area (Å²) in [5.41, 5.74) is -1.63. The van der Waals surface area contributed by atoms with E-state index in [0.29, 0.717) is 13.1 Å². The van der Waals surface area contributed by atoms with Crippen molar-refractivity contribution in [3.8, 4) is 0 Å². The summed E-state index contributed by atoms with van der Waals surface area (Å²) < 4.78 is 0. The number of hydrogen-bond donors (Lipinski definition) is 2. The normalized spacial score (nSPS) is 28.5. The van der Waals surface area contributed by atoms with Crippen molar-refractivity contribution in [2.75, 3.05) is 13.1 Å². The van der Waals surface area contributed by atoms with Gasteiger partial charge in [0.2, 0.25) is 11.8 Å². The summed E-state index contributed by atoms with van der Waals surface area (Å²) in [5.74, 6) is 0.0263. The third-order valence-corrected chi connectivity index (χ3v) is 4.45. The van der Waals surface area contributed by atoms with Crippen molar-refractivity contribution < 1.29 is 9.59 Å². The number of piperazine rings is 2. The average Bonchev–Trinajstić information content (AvgIpc) is 2.34. The summed E-state index contributed by atoms with van der Waals surface area (Å²) in [5, 5.41) is 6.74. The predicted molar refractivity (Wildman–Crippen MR) is 95.2 cm³/mol. The highest BCUT2D eigenvalue weighted by Crippen LogP contribution is 2.25. The van der Waals surface area contributed by atoms with Gasteiger partial charge in [0.1, 0.15) is 0 Å². The lowest BCUT2D eigenvalue weighted by atomic mass is 9.90. The molecule has 2 fully saturated rings. The van der Waals surface area contributed by atoms with Crippen molar-refractivity contribution in [3.05, 3.63) is 12.4 Å². The van der Waals surface area contributed by atoms with Crippen molar-refractivity contribution in [1.82, 2.24) is 20.4 Å². The Bertz CT molecular complexity index is 526. The molecule has 24 heavy (non-hydrogen) atoms. The van der Waals surface area contributed by atoms with E-state index in [0.717, 1.165) is 0 Å². The van der Waals surface area contributed by atoms with Crippen LogP contribution >= 0.6 is 0 Å². The van der Waals surface area contributed by atoms with E-state index < -0.39 is 11.1 Å². The van der Waals surface area contributed by atoms with Gasteiger partial charge in [0.05, 0.1) is 11.1 Å². The third kappa shape index (κ3) is 3.81. The van der Waals surface area contributed by atoms with Gasteiger partial charge in [0, 0.05) is 36.6 Å². The van der Waals surface area contributed by atoms with Crippen molar-refractivity contribution >= 4 is 11.8 Å². The maximum Gasteiger partial charge on any atom is 0.246 e. The van der Waals surface area contributed by atoms with Crippen molar-refractivity contribution in [1.29, 1.82) is 0 Å². The predicted octanol–water partition coefficient (Wildman–Crippen LogP) is 1.44. The first-order chi connectivity index (χ1) is 10.7. The number of carbonyl (C=O) groups is 2. The number of hydrogen-bond acceptors (Lipinski definition) is 4. The Balaban J connectivity index is 2.22. The fourth-order valence-corrected chi connectivity index (χ4v) is 3.99. The van der Waals surface area contributed by atoms with Crippen LogP contribution in [0.3, 0.4) is 0 Å². The highest BCUT2D eigenvalue weighted by molar-refractivity contribution is 5.89. The summed E-state index contributed by atoms with van der Waals surface area (Å²) in [6, 6.07) is 0. The molecule has 0 aliphatic carbocycles. The van der Waals surface area contributed by atoms with Gasteiger partial charge in [-0.25, -0.2) is 0 Å². The SMILES string of the molecule is CC1(C)CN(C=CN2CC(C)(C)NC(C)(C)C2=O)C(=O)C(C)(C)N1. The molecule has 6 heteroatoms. The summed E-state index contributed by atoms with van der Waals surface area (Å²) in [4.78, 5) is 28.7. The number of rotatable bonds is 2. The summed E-state index contributed by atoms with van der Waals surface area (Å²) in [6.07, 6.45) is 3.50. The van der Waals surface area contributed by atoms with E-state index in [1.54, 1.807) is 22.2 Å². The maximum absolute atomic E-state index is 12.6. The molecule has 0 saturated carbocycles. The second-order valence-electron chi connectivity index (χ2n) is 9.43. The van der Waals surface area contributed by atoms with Crippen LogP contribution in [0, 0.1) is 0 Å². The van der Waals surface area contributed by atoms with Gasteiger partial charge in [0.25, 0.3) is 0 Å². The van der Waals surface area contributed by atoms with Crippen LogP contribution in [0.2, 0.25) is 0 Å². The molecule has 2 aliphatic heterocycles. The Morgan fingerprint density at radius 1 is 0.708 bits per heavy atom. The van der Waals surface area contributed by atoms with Gasteiger partial charge >= 0.3 is 0 Å². The van der Waals surface area contributed by atoms with Crippen LogP contribution in [-0.2, 0) is 9.59 Å². The topological polar surface area (TPSA) is 64.7 Å². The van der Waals surface area contributed by atoms with Crippen LogP contribution in [0.5, 0.6) is 0 Å². The molecule has 2 aliphatic rings. The molecule has 0 aromatic rings. The van der Waals surface area contributed by atoms with Crippen LogP contribution in [-0.4, -0.2) is 56.9 Å². The van der Waals surface area contributed by atoms with Gasteiger partial charge in [0.15, 0.2) is 0 Å². The molecule has 0 atom stereocenters. The smallest absolute Gasteiger partial charge is 0.246 e. The molecule has 0 unspecified atom stereocenters.